The van der Waals surface area contributed by atoms with Gasteiger partial charge in [-0.25, -0.2) is 0 Å². The molecule has 21 heavy (non-hydrogen) atoms. The summed E-state index contributed by atoms with van der Waals surface area (Å²) in [5, 5.41) is 12.7. The van der Waals surface area contributed by atoms with E-state index in [1.807, 2.05) is 25.1 Å². The third kappa shape index (κ3) is 7.34. The summed E-state index contributed by atoms with van der Waals surface area (Å²) in [4.78, 5) is 0. The van der Waals surface area contributed by atoms with Gasteiger partial charge in [0.15, 0.2) is 11.5 Å². The number of hydrogen-bond acceptors (Lipinski definition) is 4. The van der Waals surface area contributed by atoms with Gasteiger partial charge in [-0.1, -0.05) is 19.9 Å². The topological polar surface area (TPSA) is 50.7 Å². The zero-order valence-electron chi connectivity index (χ0n) is 13.7. The monoisotopic (exact) mass is 295 g/mol. The molecule has 0 saturated heterocycles. The summed E-state index contributed by atoms with van der Waals surface area (Å²) in [6, 6.07) is 6.02. The van der Waals surface area contributed by atoms with Crippen LogP contribution in [0, 0.1) is 5.92 Å². The smallest absolute Gasteiger partial charge is 0.161 e. The Morgan fingerprint density at radius 3 is 2.52 bits per heavy atom. The van der Waals surface area contributed by atoms with Gasteiger partial charge in [-0.15, -0.1) is 0 Å². The Labute approximate surface area is 128 Å². The van der Waals surface area contributed by atoms with Crippen LogP contribution in [-0.2, 0) is 6.54 Å². The molecule has 120 valence electrons. The van der Waals surface area contributed by atoms with Crippen LogP contribution in [0.15, 0.2) is 18.2 Å². The Balaban J connectivity index is 2.62. The van der Waals surface area contributed by atoms with Crippen molar-refractivity contribution in [2.45, 2.75) is 46.8 Å². The van der Waals surface area contributed by atoms with E-state index in [1.54, 1.807) is 6.92 Å². The molecule has 0 heterocycles. The summed E-state index contributed by atoms with van der Waals surface area (Å²) in [5.41, 5.74) is 1.18. The third-order valence-electron chi connectivity index (χ3n) is 2.98. The number of nitrogens with one attached hydrogen (secondary N) is 1. The van der Waals surface area contributed by atoms with E-state index < -0.39 is 0 Å². The molecular formula is C17H29NO3. The summed E-state index contributed by atoms with van der Waals surface area (Å²) in [7, 11) is 0. The number of ether oxygens (including phenoxy) is 2. The highest BCUT2D eigenvalue weighted by Gasteiger charge is 2.07. The van der Waals surface area contributed by atoms with Gasteiger partial charge in [-0.3, -0.25) is 0 Å². The molecule has 4 heteroatoms. The van der Waals surface area contributed by atoms with Crippen molar-refractivity contribution in [3.8, 4) is 11.5 Å². The van der Waals surface area contributed by atoms with Gasteiger partial charge < -0.3 is 19.9 Å². The fraction of sp³-hybridized carbons (Fsp3) is 0.647. The fourth-order valence-corrected chi connectivity index (χ4v) is 1.89. The van der Waals surface area contributed by atoms with Gasteiger partial charge in [0.1, 0.15) is 0 Å². The maximum Gasteiger partial charge on any atom is 0.161 e. The average Bonchev–Trinajstić information content (AvgIpc) is 2.40. The van der Waals surface area contributed by atoms with Gasteiger partial charge in [0.05, 0.1) is 19.3 Å². The minimum absolute atomic E-state index is 0.347. The van der Waals surface area contributed by atoms with Crippen molar-refractivity contribution in [3.63, 3.8) is 0 Å². The molecule has 0 spiro atoms. The lowest BCUT2D eigenvalue weighted by Crippen LogP contribution is -2.19. The molecular weight excluding hydrogens is 266 g/mol. The van der Waals surface area contributed by atoms with Crippen LogP contribution in [0.5, 0.6) is 11.5 Å². The molecule has 1 aromatic carbocycles. The molecule has 2 N–H and O–H groups in total. The third-order valence-corrected chi connectivity index (χ3v) is 2.98. The number of rotatable bonds is 10. The SMILES string of the molecule is CCOc1cc(CNCC(C)C)ccc1OCCC(C)O. The van der Waals surface area contributed by atoms with E-state index in [4.69, 9.17) is 9.47 Å². The lowest BCUT2D eigenvalue weighted by atomic mass is 10.1. The molecule has 0 bridgehead atoms. The average molecular weight is 295 g/mol. The zero-order valence-corrected chi connectivity index (χ0v) is 13.7. The highest BCUT2D eigenvalue weighted by molar-refractivity contribution is 5.43. The highest BCUT2D eigenvalue weighted by atomic mass is 16.5. The number of benzene rings is 1. The molecule has 1 atom stereocenters. The van der Waals surface area contributed by atoms with E-state index in [9.17, 15) is 5.11 Å². The van der Waals surface area contributed by atoms with Crippen molar-refractivity contribution in [2.75, 3.05) is 19.8 Å². The van der Waals surface area contributed by atoms with Gasteiger partial charge in [0.25, 0.3) is 0 Å². The standard InChI is InChI=1S/C17H29NO3/c1-5-20-17-10-15(12-18-11-13(2)3)6-7-16(17)21-9-8-14(4)19/h6-7,10,13-14,18-19H,5,8-9,11-12H2,1-4H3. The van der Waals surface area contributed by atoms with Gasteiger partial charge in [-0.05, 0) is 44.0 Å². The Morgan fingerprint density at radius 1 is 1.14 bits per heavy atom. The molecule has 0 aliphatic heterocycles. The Kier molecular flexibility index (Phi) is 8.16. The van der Waals surface area contributed by atoms with Crippen molar-refractivity contribution >= 4 is 0 Å². The number of aliphatic hydroxyl groups is 1. The minimum Gasteiger partial charge on any atom is -0.490 e. The van der Waals surface area contributed by atoms with Crippen LogP contribution in [0.3, 0.4) is 0 Å². The lowest BCUT2D eigenvalue weighted by molar-refractivity contribution is 0.153. The van der Waals surface area contributed by atoms with Gasteiger partial charge in [0, 0.05) is 13.0 Å². The van der Waals surface area contributed by atoms with Crippen molar-refractivity contribution in [2.24, 2.45) is 5.92 Å². The second-order valence-corrected chi connectivity index (χ2v) is 5.73. The Bertz CT molecular complexity index is 405. The van der Waals surface area contributed by atoms with Crippen LogP contribution in [0.1, 0.15) is 39.7 Å². The van der Waals surface area contributed by atoms with Crippen LogP contribution < -0.4 is 14.8 Å². The lowest BCUT2D eigenvalue weighted by Gasteiger charge is -2.14. The van der Waals surface area contributed by atoms with E-state index >= 15 is 0 Å². The Hall–Kier alpha value is -1.26. The molecule has 0 saturated carbocycles. The highest BCUT2D eigenvalue weighted by Crippen LogP contribution is 2.28. The minimum atomic E-state index is -0.347. The van der Waals surface area contributed by atoms with Crippen LogP contribution in [0.4, 0.5) is 0 Å². The molecule has 0 fully saturated rings. The molecule has 1 aromatic rings. The van der Waals surface area contributed by atoms with Crippen molar-refractivity contribution in [1.29, 1.82) is 0 Å². The first-order chi connectivity index (χ1) is 10.0. The summed E-state index contributed by atoms with van der Waals surface area (Å²) in [6.07, 6.45) is 0.267. The van der Waals surface area contributed by atoms with E-state index in [0.29, 0.717) is 25.6 Å². The number of hydrogen-bond donors (Lipinski definition) is 2. The number of aliphatic hydroxyl groups excluding tert-OH is 1. The summed E-state index contributed by atoms with van der Waals surface area (Å²) >= 11 is 0. The largest absolute Gasteiger partial charge is 0.490 e. The first-order valence-electron chi connectivity index (χ1n) is 7.80. The molecule has 0 aliphatic rings. The predicted octanol–water partition coefficient (Wildman–Crippen LogP) is 2.98. The maximum atomic E-state index is 9.27. The zero-order chi connectivity index (χ0) is 15.7. The quantitative estimate of drug-likeness (QED) is 0.697. The van der Waals surface area contributed by atoms with Crippen molar-refractivity contribution < 1.29 is 14.6 Å². The van der Waals surface area contributed by atoms with Crippen molar-refractivity contribution in [1.82, 2.24) is 5.32 Å². The molecule has 0 aromatic heterocycles. The fourth-order valence-electron chi connectivity index (χ4n) is 1.89. The predicted molar refractivity (Wildman–Crippen MR) is 85.9 cm³/mol. The van der Waals surface area contributed by atoms with Gasteiger partial charge in [-0.2, -0.15) is 0 Å². The molecule has 1 rings (SSSR count). The van der Waals surface area contributed by atoms with Crippen LogP contribution >= 0.6 is 0 Å². The van der Waals surface area contributed by atoms with E-state index in [0.717, 1.165) is 24.6 Å². The van der Waals surface area contributed by atoms with E-state index in [2.05, 4.69) is 19.2 Å². The van der Waals surface area contributed by atoms with Crippen molar-refractivity contribution in [3.05, 3.63) is 23.8 Å². The summed E-state index contributed by atoms with van der Waals surface area (Å²) < 4.78 is 11.3. The van der Waals surface area contributed by atoms with Crippen LogP contribution in [0.25, 0.3) is 0 Å². The summed E-state index contributed by atoms with van der Waals surface area (Å²) in [6.45, 7) is 11.0. The molecule has 4 nitrogen and oxygen atoms in total. The first kappa shape index (κ1) is 17.8. The normalized spacial score (nSPS) is 12.5. The van der Waals surface area contributed by atoms with Crippen LogP contribution in [0.2, 0.25) is 0 Å². The molecule has 1 unspecified atom stereocenters. The second-order valence-electron chi connectivity index (χ2n) is 5.73. The maximum absolute atomic E-state index is 9.27. The first-order valence-corrected chi connectivity index (χ1v) is 7.80. The van der Waals surface area contributed by atoms with Gasteiger partial charge >= 0.3 is 0 Å². The molecule has 0 radical (unpaired) electrons. The second kappa shape index (κ2) is 9.64. The van der Waals surface area contributed by atoms with E-state index in [1.165, 1.54) is 5.56 Å². The van der Waals surface area contributed by atoms with E-state index in [-0.39, 0.29) is 6.10 Å². The molecule has 0 amide bonds. The van der Waals surface area contributed by atoms with Gasteiger partial charge in [0.2, 0.25) is 0 Å². The van der Waals surface area contributed by atoms with Crippen LogP contribution in [-0.4, -0.2) is 31.0 Å². The Morgan fingerprint density at radius 2 is 1.90 bits per heavy atom. The summed E-state index contributed by atoms with van der Waals surface area (Å²) in [5.74, 6) is 2.15. The molecule has 0 aliphatic carbocycles.